The van der Waals surface area contributed by atoms with Gasteiger partial charge in [-0.2, -0.15) is 5.10 Å². The number of hydrogen-bond acceptors (Lipinski definition) is 3. The molecule has 2 heterocycles. The molecule has 0 fully saturated rings. The molecule has 1 atom stereocenters. The van der Waals surface area contributed by atoms with Crippen molar-refractivity contribution in [2.45, 2.75) is 32.6 Å². The molecule has 0 radical (unpaired) electrons. The summed E-state index contributed by atoms with van der Waals surface area (Å²) in [5.41, 5.74) is 2.88. The van der Waals surface area contributed by atoms with Gasteiger partial charge in [0, 0.05) is 5.92 Å². The molecule has 3 rings (SSSR count). The topological polar surface area (TPSA) is 74.4 Å². The number of benzene rings is 1. The summed E-state index contributed by atoms with van der Waals surface area (Å²) in [5, 5.41) is 7.01. The van der Waals surface area contributed by atoms with Crippen LogP contribution in [0.3, 0.4) is 0 Å². The van der Waals surface area contributed by atoms with Crippen molar-refractivity contribution in [2.24, 2.45) is 0 Å². The van der Waals surface area contributed by atoms with Crippen LogP contribution in [0.4, 0.5) is 0 Å². The molecule has 0 saturated carbocycles. The molecule has 0 amide bonds. The predicted molar refractivity (Wildman–Crippen MR) is 82.6 cm³/mol. The average Bonchev–Trinajstić information content (AvgIpc) is 2.92. The number of hydrogen-bond donors (Lipinski definition) is 2. The number of nitrogens with zero attached hydrogens (tertiary/aromatic N) is 2. The minimum absolute atomic E-state index is 0.0261. The zero-order valence-electron chi connectivity index (χ0n) is 12.3. The number of aromatic nitrogens is 4. The fourth-order valence-electron chi connectivity index (χ4n) is 2.45. The van der Waals surface area contributed by atoms with Crippen LogP contribution in [0.15, 0.2) is 35.1 Å². The molecular formula is C16H18N4O. The van der Waals surface area contributed by atoms with Crippen LogP contribution in [-0.2, 0) is 0 Å². The van der Waals surface area contributed by atoms with Gasteiger partial charge in [0.25, 0.3) is 5.56 Å². The SMILES string of the molecule is CC(C)c1[nH]nc2c(=O)[nH]c([C@@H](C)c3ccccc3)nc12. The number of fused-ring (bicyclic) bond motifs is 1. The normalized spacial score (nSPS) is 13.0. The van der Waals surface area contributed by atoms with Gasteiger partial charge in [-0.3, -0.25) is 9.89 Å². The molecule has 1 aromatic carbocycles. The molecule has 0 spiro atoms. The Balaban J connectivity index is 2.16. The van der Waals surface area contributed by atoms with Gasteiger partial charge in [0.2, 0.25) is 0 Å². The first-order valence-corrected chi connectivity index (χ1v) is 7.11. The zero-order chi connectivity index (χ0) is 15.0. The van der Waals surface area contributed by atoms with Gasteiger partial charge in [-0.25, -0.2) is 4.98 Å². The summed E-state index contributed by atoms with van der Waals surface area (Å²) < 4.78 is 0. The van der Waals surface area contributed by atoms with Crippen molar-refractivity contribution in [2.75, 3.05) is 0 Å². The third-order valence-electron chi connectivity index (χ3n) is 3.74. The minimum atomic E-state index is -0.194. The van der Waals surface area contributed by atoms with Crippen LogP contribution in [0.25, 0.3) is 11.0 Å². The smallest absolute Gasteiger partial charge is 0.279 e. The molecule has 0 aliphatic carbocycles. The molecule has 2 N–H and O–H groups in total. The number of nitrogens with one attached hydrogen (secondary N) is 2. The average molecular weight is 282 g/mol. The van der Waals surface area contributed by atoms with Crippen molar-refractivity contribution in [3.05, 3.63) is 57.8 Å². The van der Waals surface area contributed by atoms with E-state index in [9.17, 15) is 4.79 Å². The molecule has 5 heteroatoms. The van der Waals surface area contributed by atoms with Crippen LogP contribution in [0.5, 0.6) is 0 Å². The second kappa shape index (κ2) is 5.16. The van der Waals surface area contributed by atoms with Crippen molar-refractivity contribution >= 4 is 11.0 Å². The van der Waals surface area contributed by atoms with E-state index in [-0.39, 0.29) is 17.4 Å². The van der Waals surface area contributed by atoms with Gasteiger partial charge in [-0.05, 0) is 11.5 Å². The van der Waals surface area contributed by atoms with E-state index >= 15 is 0 Å². The highest BCUT2D eigenvalue weighted by Crippen LogP contribution is 2.23. The van der Waals surface area contributed by atoms with E-state index in [1.807, 2.05) is 37.3 Å². The van der Waals surface area contributed by atoms with Gasteiger partial charge in [0.1, 0.15) is 11.3 Å². The lowest BCUT2D eigenvalue weighted by atomic mass is 10.0. The van der Waals surface area contributed by atoms with Crippen molar-refractivity contribution < 1.29 is 0 Å². The summed E-state index contributed by atoms with van der Waals surface area (Å²) in [6.45, 7) is 6.14. The molecule has 3 aromatic rings. The summed E-state index contributed by atoms with van der Waals surface area (Å²) in [4.78, 5) is 19.7. The van der Waals surface area contributed by atoms with Crippen LogP contribution in [0.1, 0.15) is 49.7 Å². The molecule has 21 heavy (non-hydrogen) atoms. The van der Waals surface area contributed by atoms with Crippen LogP contribution in [0, 0.1) is 0 Å². The van der Waals surface area contributed by atoms with E-state index in [1.54, 1.807) is 0 Å². The van der Waals surface area contributed by atoms with E-state index < -0.39 is 0 Å². The van der Waals surface area contributed by atoms with E-state index in [0.717, 1.165) is 11.3 Å². The number of H-pyrrole nitrogens is 2. The Bertz CT molecular complexity index is 817. The fourth-order valence-corrected chi connectivity index (χ4v) is 2.45. The standard InChI is InChI=1S/C16H18N4O/c1-9(2)12-13-14(20-19-12)16(21)18-15(17-13)10(3)11-7-5-4-6-8-11/h4-10H,1-3H3,(H,19,20)(H,17,18,21)/t10-/m0/s1. The molecule has 0 saturated heterocycles. The highest BCUT2D eigenvalue weighted by Gasteiger charge is 2.17. The van der Waals surface area contributed by atoms with Gasteiger partial charge in [0.05, 0.1) is 5.69 Å². The molecule has 0 aliphatic rings. The fraction of sp³-hybridized carbons (Fsp3) is 0.312. The summed E-state index contributed by atoms with van der Waals surface area (Å²) in [6.07, 6.45) is 0. The maximum Gasteiger partial charge on any atom is 0.279 e. The van der Waals surface area contributed by atoms with Gasteiger partial charge in [-0.1, -0.05) is 51.1 Å². The van der Waals surface area contributed by atoms with E-state index in [0.29, 0.717) is 16.9 Å². The number of rotatable bonds is 3. The molecule has 5 nitrogen and oxygen atoms in total. The summed E-state index contributed by atoms with van der Waals surface area (Å²) >= 11 is 0. The lowest BCUT2D eigenvalue weighted by molar-refractivity contribution is 0.803. The second-order valence-corrected chi connectivity index (χ2v) is 5.57. The monoisotopic (exact) mass is 282 g/mol. The number of aromatic amines is 2. The van der Waals surface area contributed by atoms with Crippen molar-refractivity contribution in [3.63, 3.8) is 0 Å². The molecular weight excluding hydrogens is 264 g/mol. The summed E-state index contributed by atoms with van der Waals surface area (Å²) in [7, 11) is 0. The third kappa shape index (κ3) is 2.35. The van der Waals surface area contributed by atoms with Gasteiger partial charge in [0.15, 0.2) is 5.52 Å². The first kappa shape index (κ1) is 13.5. The maximum absolute atomic E-state index is 12.2. The maximum atomic E-state index is 12.2. The highest BCUT2D eigenvalue weighted by atomic mass is 16.1. The Morgan fingerprint density at radius 1 is 1.05 bits per heavy atom. The highest BCUT2D eigenvalue weighted by molar-refractivity contribution is 5.76. The minimum Gasteiger partial charge on any atom is -0.308 e. The summed E-state index contributed by atoms with van der Waals surface area (Å²) in [6, 6.07) is 10.0. The van der Waals surface area contributed by atoms with Gasteiger partial charge < -0.3 is 4.98 Å². The van der Waals surface area contributed by atoms with E-state index in [4.69, 9.17) is 0 Å². The van der Waals surface area contributed by atoms with Gasteiger partial charge >= 0.3 is 0 Å². The van der Waals surface area contributed by atoms with Crippen molar-refractivity contribution in [1.29, 1.82) is 0 Å². The van der Waals surface area contributed by atoms with Crippen LogP contribution < -0.4 is 5.56 Å². The Morgan fingerprint density at radius 3 is 2.43 bits per heavy atom. The third-order valence-corrected chi connectivity index (χ3v) is 3.74. The van der Waals surface area contributed by atoms with E-state index in [1.165, 1.54) is 0 Å². The van der Waals surface area contributed by atoms with Crippen molar-refractivity contribution in [3.8, 4) is 0 Å². The first-order valence-electron chi connectivity index (χ1n) is 7.11. The Morgan fingerprint density at radius 2 is 1.76 bits per heavy atom. The van der Waals surface area contributed by atoms with Crippen LogP contribution in [-0.4, -0.2) is 20.2 Å². The zero-order valence-corrected chi connectivity index (χ0v) is 12.3. The molecule has 0 aliphatic heterocycles. The van der Waals surface area contributed by atoms with E-state index in [2.05, 4.69) is 34.0 Å². The Kier molecular flexibility index (Phi) is 3.33. The van der Waals surface area contributed by atoms with Crippen LogP contribution in [0.2, 0.25) is 0 Å². The second-order valence-electron chi connectivity index (χ2n) is 5.57. The molecule has 0 bridgehead atoms. The van der Waals surface area contributed by atoms with Crippen molar-refractivity contribution in [1.82, 2.24) is 20.2 Å². The molecule has 2 aromatic heterocycles. The first-order chi connectivity index (χ1) is 10.1. The largest absolute Gasteiger partial charge is 0.308 e. The lowest BCUT2D eigenvalue weighted by Gasteiger charge is -2.11. The lowest BCUT2D eigenvalue weighted by Crippen LogP contribution is -2.14. The molecule has 0 unspecified atom stereocenters. The Labute approximate surface area is 122 Å². The summed E-state index contributed by atoms with van der Waals surface area (Å²) in [5.74, 6) is 0.935. The Hall–Kier alpha value is -2.43. The predicted octanol–water partition coefficient (Wildman–Crippen LogP) is 2.92. The molecule has 108 valence electrons. The van der Waals surface area contributed by atoms with Crippen LogP contribution >= 0.6 is 0 Å². The van der Waals surface area contributed by atoms with Gasteiger partial charge in [-0.15, -0.1) is 0 Å². The quantitative estimate of drug-likeness (QED) is 0.775.